The smallest absolute Gasteiger partial charge is 0.310 e. The lowest BCUT2D eigenvalue weighted by atomic mass is 10.1. The van der Waals surface area contributed by atoms with Crippen molar-refractivity contribution in [3.63, 3.8) is 0 Å². The van der Waals surface area contributed by atoms with E-state index in [1.165, 1.54) is 30.3 Å². The third-order valence-corrected chi connectivity index (χ3v) is 4.45. The minimum Gasteiger partial charge on any atom is -0.508 e. The number of hydrogen-bond acceptors (Lipinski definition) is 6. The largest absolute Gasteiger partial charge is 0.508 e. The molecule has 0 heterocycles. The molecule has 0 amide bonds. The van der Waals surface area contributed by atoms with Crippen LogP contribution in [0.1, 0.15) is 18.5 Å². The van der Waals surface area contributed by atoms with Gasteiger partial charge in [0.1, 0.15) is 16.3 Å². The van der Waals surface area contributed by atoms with Crippen LogP contribution < -0.4 is 5.32 Å². The predicted octanol–water partition coefficient (Wildman–Crippen LogP) is 2.88. The molecule has 0 saturated carbocycles. The maximum absolute atomic E-state index is 11.7. The number of nitrogens with zero attached hydrogens (tertiary/aromatic N) is 1. The van der Waals surface area contributed by atoms with E-state index < -0.39 is 20.4 Å². The van der Waals surface area contributed by atoms with Crippen LogP contribution in [0.15, 0.2) is 47.4 Å². The molecule has 0 aliphatic carbocycles. The Balaban J connectivity index is 2.46. The van der Waals surface area contributed by atoms with E-state index in [-0.39, 0.29) is 22.4 Å². The lowest BCUT2D eigenvalue weighted by Crippen LogP contribution is -2.11. The quantitative estimate of drug-likeness (QED) is 0.642. The molecule has 7 nitrogen and oxygen atoms in total. The van der Waals surface area contributed by atoms with Crippen molar-refractivity contribution in [2.45, 2.75) is 17.9 Å². The van der Waals surface area contributed by atoms with Crippen LogP contribution in [-0.2, 0) is 9.84 Å². The molecule has 2 rings (SSSR count). The summed E-state index contributed by atoms with van der Waals surface area (Å²) in [4.78, 5) is 10.3. The number of phenolic OH excluding ortho intramolecular Hbond substituents is 1. The van der Waals surface area contributed by atoms with Gasteiger partial charge in [-0.05, 0) is 36.8 Å². The molecule has 0 aromatic heterocycles. The van der Waals surface area contributed by atoms with Gasteiger partial charge in [-0.2, -0.15) is 0 Å². The van der Waals surface area contributed by atoms with E-state index in [0.29, 0.717) is 5.56 Å². The van der Waals surface area contributed by atoms with Crippen molar-refractivity contribution in [1.82, 2.24) is 0 Å². The fourth-order valence-electron chi connectivity index (χ4n) is 2.24. The van der Waals surface area contributed by atoms with Crippen molar-refractivity contribution >= 4 is 21.2 Å². The van der Waals surface area contributed by atoms with Gasteiger partial charge in [-0.25, -0.2) is 8.42 Å². The Morgan fingerprint density at radius 1 is 1.22 bits per heavy atom. The molecule has 2 aromatic rings. The summed E-state index contributed by atoms with van der Waals surface area (Å²) in [6, 6.07) is 10.2. The molecule has 0 saturated heterocycles. The van der Waals surface area contributed by atoms with Crippen molar-refractivity contribution < 1.29 is 18.4 Å². The number of aromatic hydroxyl groups is 1. The van der Waals surface area contributed by atoms with E-state index in [1.54, 1.807) is 19.1 Å². The maximum Gasteiger partial charge on any atom is 0.310 e. The van der Waals surface area contributed by atoms with Crippen molar-refractivity contribution in [3.05, 3.63) is 58.1 Å². The summed E-state index contributed by atoms with van der Waals surface area (Å²) in [6.07, 6.45) is 0.928. The monoisotopic (exact) mass is 336 g/mol. The first-order valence-electron chi connectivity index (χ1n) is 6.73. The molecular formula is C15H16N2O5S. The second-order valence-electron chi connectivity index (χ2n) is 5.14. The third kappa shape index (κ3) is 3.78. The van der Waals surface area contributed by atoms with Crippen LogP contribution in [0, 0.1) is 10.1 Å². The lowest BCUT2D eigenvalue weighted by Gasteiger charge is -2.16. The van der Waals surface area contributed by atoms with Crippen molar-refractivity contribution in [2.75, 3.05) is 11.6 Å². The van der Waals surface area contributed by atoms with E-state index in [0.717, 1.165) is 6.26 Å². The topological polar surface area (TPSA) is 110 Å². The van der Waals surface area contributed by atoms with Gasteiger partial charge >= 0.3 is 5.69 Å². The normalized spacial score (nSPS) is 12.6. The number of nitro groups is 1. The molecule has 122 valence electrons. The number of anilines is 1. The Morgan fingerprint density at radius 3 is 2.43 bits per heavy atom. The average Bonchev–Trinajstić information content (AvgIpc) is 2.45. The first kappa shape index (κ1) is 16.8. The predicted molar refractivity (Wildman–Crippen MR) is 86.4 cm³/mol. The molecule has 2 aromatic carbocycles. The van der Waals surface area contributed by atoms with Crippen molar-refractivity contribution in [1.29, 1.82) is 0 Å². The summed E-state index contributed by atoms with van der Waals surface area (Å²) < 4.78 is 23.5. The maximum atomic E-state index is 11.7. The van der Waals surface area contributed by atoms with Crippen LogP contribution in [-0.4, -0.2) is 24.7 Å². The van der Waals surface area contributed by atoms with Crippen LogP contribution in [0.2, 0.25) is 0 Å². The fraction of sp³-hybridized carbons (Fsp3) is 0.200. The standard InChI is InChI=1S/C15H16N2O5S/c1-10(11-5-3-6-12(18)9-11)16-13-7-4-8-14(23(2,21)22)15(13)17(19)20/h3-10,16,18H,1-2H3. The Bertz CT molecular complexity index is 849. The van der Waals surface area contributed by atoms with Crippen molar-refractivity contribution in [3.8, 4) is 5.75 Å². The first-order valence-corrected chi connectivity index (χ1v) is 8.62. The van der Waals surface area contributed by atoms with E-state index >= 15 is 0 Å². The minimum absolute atomic E-state index is 0.0792. The molecular weight excluding hydrogens is 320 g/mol. The van der Waals surface area contributed by atoms with Gasteiger partial charge in [0.25, 0.3) is 0 Å². The van der Waals surface area contributed by atoms with Gasteiger partial charge in [-0.3, -0.25) is 10.1 Å². The zero-order valence-electron chi connectivity index (χ0n) is 12.6. The van der Waals surface area contributed by atoms with Gasteiger partial charge in [-0.1, -0.05) is 18.2 Å². The summed E-state index contributed by atoms with van der Waals surface area (Å²) in [5.74, 6) is 0.0792. The zero-order chi connectivity index (χ0) is 17.2. The Labute approximate surface area is 133 Å². The Morgan fingerprint density at radius 2 is 1.87 bits per heavy atom. The highest BCUT2D eigenvalue weighted by atomic mass is 32.2. The molecule has 8 heteroatoms. The van der Waals surface area contributed by atoms with Crippen LogP contribution in [0.3, 0.4) is 0 Å². The van der Waals surface area contributed by atoms with Gasteiger partial charge in [-0.15, -0.1) is 0 Å². The van der Waals surface area contributed by atoms with Crippen LogP contribution in [0.5, 0.6) is 5.75 Å². The highest BCUT2D eigenvalue weighted by Gasteiger charge is 2.26. The fourth-order valence-corrected chi connectivity index (χ4v) is 3.10. The second-order valence-corrected chi connectivity index (χ2v) is 7.13. The van der Waals surface area contributed by atoms with Crippen LogP contribution in [0.25, 0.3) is 0 Å². The molecule has 0 bridgehead atoms. The van der Waals surface area contributed by atoms with Gasteiger partial charge in [0.05, 0.1) is 4.92 Å². The summed E-state index contributed by atoms with van der Waals surface area (Å²) in [6.45, 7) is 1.76. The van der Waals surface area contributed by atoms with Crippen molar-refractivity contribution in [2.24, 2.45) is 0 Å². The summed E-state index contributed by atoms with van der Waals surface area (Å²) in [5, 5.41) is 23.8. The van der Waals surface area contributed by atoms with Gasteiger partial charge in [0.15, 0.2) is 9.84 Å². The number of rotatable bonds is 5. The number of para-hydroxylation sites is 1. The first-order chi connectivity index (χ1) is 10.7. The van der Waals surface area contributed by atoms with E-state index in [1.807, 2.05) is 0 Å². The number of phenols is 1. The summed E-state index contributed by atoms with van der Waals surface area (Å²) in [5.41, 5.74) is 0.333. The van der Waals surface area contributed by atoms with E-state index in [4.69, 9.17) is 0 Å². The highest BCUT2D eigenvalue weighted by Crippen LogP contribution is 2.34. The van der Waals surface area contributed by atoms with Gasteiger partial charge in [0, 0.05) is 12.3 Å². The minimum atomic E-state index is -3.73. The summed E-state index contributed by atoms with van der Waals surface area (Å²) in [7, 11) is -3.73. The Hall–Kier alpha value is -2.61. The molecule has 0 aliphatic heterocycles. The van der Waals surface area contributed by atoms with Crippen LogP contribution >= 0.6 is 0 Å². The zero-order valence-corrected chi connectivity index (χ0v) is 13.4. The average molecular weight is 336 g/mol. The molecule has 0 fully saturated rings. The number of hydrogen-bond donors (Lipinski definition) is 2. The Kier molecular flexibility index (Phi) is 4.55. The number of nitro benzene ring substituents is 1. The van der Waals surface area contributed by atoms with Crippen LogP contribution in [0.4, 0.5) is 11.4 Å². The van der Waals surface area contributed by atoms with E-state index in [2.05, 4.69) is 5.32 Å². The molecule has 1 unspecified atom stereocenters. The highest BCUT2D eigenvalue weighted by molar-refractivity contribution is 7.90. The lowest BCUT2D eigenvalue weighted by molar-refractivity contribution is -0.386. The third-order valence-electron chi connectivity index (χ3n) is 3.32. The van der Waals surface area contributed by atoms with Gasteiger partial charge in [0.2, 0.25) is 0 Å². The molecule has 2 N–H and O–H groups in total. The molecule has 1 atom stereocenters. The molecule has 0 radical (unpaired) electrons. The molecule has 0 spiro atoms. The summed E-state index contributed by atoms with van der Waals surface area (Å²) >= 11 is 0. The molecule has 0 aliphatic rings. The number of nitrogens with one attached hydrogen (secondary N) is 1. The van der Waals surface area contributed by atoms with E-state index in [9.17, 15) is 23.6 Å². The SMILES string of the molecule is CC(Nc1cccc(S(C)(=O)=O)c1[N+](=O)[O-])c1cccc(O)c1. The second kappa shape index (κ2) is 6.25. The number of sulfone groups is 1. The number of benzene rings is 2. The van der Waals surface area contributed by atoms with Gasteiger partial charge < -0.3 is 10.4 Å². The molecule has 23 heavy (non-hydrogen) atoms.